The number of para-hydroxylation sites is 5. The Morgan fingerprint density at radius 1 is 0.385 bits per heavy atom. The maximum atomic E-state index is 6.29. The molecule has 0 radical (unpaired) electrons. The van der Waals surface area contributed by atoms with Gasteiger partial charge in [0.15, 0.2) is 11.2 Å². The van der Waals surface area contributed by atoms with Crippen LogP contribution in [-0.2, 0) is 5.41 Å². The van der Waals surface area contributed by atoms with Crippen molar-refractivity contribution in [1.82, 2.24) is 9.97 Å². The molecule has 1 aliphatic rings. The van der Waals surface area contributed by atoms with Crippen LogP contribution in [0.4, 0.5) is 0 Å². The minimum Gasteiger partial charge on any atom is -0.456 e. The number of hydrogen-bond donors (Lipinski definition) is 0. The molecule has 3 heterocycles. The lowest BCUT2D eigenvalue weighted by Gasteiger charge is -2.22. The number of rotatable bonds is 4. The van der Waals surface area contributed by atoms with Crippen molar-refractivity contribution in [1.29, 1.82) is 0 Å². The summed E-state index contributed by atoms with van der Waals surface area (Å²) in [6.45, 7) is 4.66. The second-order valence-corrected chi connectivity index (χ2v) is 14.2. The first-order valence-corrected chi connectivity index (χ1v) is 17.5. The Morgan fingerprint density at radius 3 is 1.63 bits per heavy atom. The minimum atomic E-state index is -0.173. The van der Waals surface area contributed by atoms with Crippen molar-refractivity contribution >= 4 is 44.1 Å². The van der Waals surface area contributed by atoms with E-state index in [0.29, 0.717) is 11.8 Å². The third-order valence-corrected chi connectivity index (χ3v) is 10.7. The van der Waals surface area contributed by atoms with Crippen molar-refractivity contribution in [2.45, 2.75) is 19.3 Å². The molecule has 0 aliphatic heterocycles. The van der Waals surface area contributed by atoms with Crippen LogP contribution in [0.2, 0.25) is 0 Å². The molecule has 0 unspecified atom stereocenters. The summed E-state index contributed by atoms with van der Waals surface area (Å²) in [5.41, 5.74) is 16.1. The van der Waals surface area contributed by atoms with Gasteiger partial charge in [0.05, 0.1) is 0 Å². The molecule has 0 bridgehead atoms. The van der Waals surface area contributed by atoms with E-state index in [0.717, 1.165) is 66.6 Å². The van der Waals surface area contributed by atoms with Crippen LogP contribution in [0.1, 0.15) is 25.0 Å². The average Bonchev–Trinajstić information content (AvgIpc) is 3.95. The Bertz CT molecular complexity index is 2910. The maximum Gasteiger partial charge on any atom is 0.227 e. The van der Waals surface area contributed by atoms with Gasteiger partial charge >= 0.3 is 0 Å². The van der Waals surface area contributed by atoms with Gasteiger partial charge in [-0.15, -0.1) is 0 Å². The van der Waals surface area contributed by atoms with Crippen molar-refractivity contribution in [2.24, 2.45) is 0 Å². The Hall–Kier alpha value is -6.72. The molecule has 0 amide bonds. The molecular formula is C47H30N2O3. The van der Waals surface area contributed by atoms with Crippen molar-refractivity contribution < 1.29 is 13.3 Å². The van der Waals surface area contributed by atoms with Gasteiger partial charge in [-0.1, -0.05) is 86.6 Å². The number of fused-ring (bicyclic) bond motifs is 8. The van der Waals surface area contributed by atoms with Crippen LogP contribution in [0.3, 0.4) is 0 Å². The van der Waals surface area contributed by atoms with Gasteiger partial charge in [-0.25, -0.2) is 9.97 Å². The molecule has 5 heteroatoms. The molecule has 52 heavy (non-hydrogen) atoms. The molecule has 246 valence electrons. The maximum absolute atomic E-state index is 6.29. The number of benzene rings is 7. The summed E-state index contributed by atoms with van der Waals surface area (Å²) in [6.07, 6.45) is 0. The third-order valence-electron chi connectivity index (χ3n) is 10.7. The number of hydrogen-bond acceptors (Lipinski definition) is 5. The van der Waals surface area contributed by atoms with Crippen LogP contribution in [0.5, 0.6) is 0 Å². The summed E-state index contributed by atoms with van der Waals surface area (Å²) in [4.78, 5) is 9.66. The Labute approximate surface area is 298 Å². The average molecular weight is 671 g/mol. The van der Waals surface area contributed by atoms with E-state index < -0.39 is 0 Å². The molecule has 0 saturated heterocycles. The normalized spacial score (nSPS) is 13.3. The molecule has 0 saturated carbocycles. The van der Waals surface area contributed by atoms with E-state index in [1.165, 1.54) is 33.2 Å². The van der Waals surface area contributed by atoms with Crippen LogP contribution >= 0.6 is 0 Å². The van der Waals surface area contributed by atoms with Gasteiger partial charge in [-0.3, -0.25) is 0 Å². The highest BCUT2D eigenvalue weighted by Gasteiger charge is 2.36. The SMILES string of the molecule is CC1(C)c2cc(-c3cccc(-c4cc(-c5nc6ccccc6o5)cc(-c5nc6ccccc6o5)c4)c3)ccc2-c2cc3oc4ccccc4c3cc21. The van der Waals surface area contributed by atoms with E-state index in [4.69, 9.17) is 23.2 Å². The van der Waals surface area contributed by atoms with Crippen molar-refractivity contribution in [3.63, 3.8) is 0 Å². The van der Waals surface area contributed by atoms with Gasteiger partial charge in [0.25, 0.3) is 0 Å². The zero-order valence-electron chi connectivity index (χ0n) is 28.5. The molecule has 11 rings (SSSR count). The second-order valence-electron chi connectivity index (χ2n) is 14.2. The first-order valence-electron chi connectivity index (χ1n) is 17.5. The summed E-state index contributed by atoms with van der Waals surface area (Å²) in [6, 6.07) is 50.5. The summed E-state index contributed by atoms with van der Waals surface area (Å²) in [5.74, 6) is 1.11. The van der Waals surface area contributed by atoms with Gasteiger partial charge < -0.3 is 13.3 Å². The molecule has 3 aromatic heterocycles. The number of furan rings is 1. The van der Waals surface area contributed by atoms with Crippen molar-refractivity contribution in [2.75, 3.05) is 0 Å². The summed E-state index contributed by atoms with van der Waals surface area (Å²) < 4.78 is 18.8. The van der Waals surface area contributed by atoms with Crippen LogP contribution in [0, 0.1) is 0 Å². The van der Waals surface area contributed by atoms with Gasteiger partial charge in [0.2, 0.25) is 11.8 Å². The highest BCUT2D eigenvalue weighted by molar-refractivity contribution is 6.07. The van der Waals surface area contributed by atoms with Gasteiger partial charge in [0.1, 0.15) is 22.2 Å². The second kappa shape index (κ2) is 10.6. The lowest BCUT2D eigenvalue weighted by atomic mass is 9.81. The van der Waals surface area contributed by atoms with Crippen LogP contribution < -0.4 is 0 Å². The van der Waals surface area contributed by atoms with Gasteiger partial charge in [-0.2, -0.15) is 0 Å². The molecule has 7 aromatic carbocycles. The predicted molar refractivity (Wildman–Crippen MR) is 208 cm³/mol. The number of nitrogens with zero attached hydrogens (tertiary/aromatic N) is 2. The van der Waals surface area contributed by atoms with E-state index in [9.17, 15) is 0 Å². The quantitative estimate of drug-likeness (QED) is 0.186. The van der Waals surface area contributed by atoms with E-state index in [1.54, 1.807) is 0 Å². The summed E-state index contributed by atoms with van der Waals surface area (Å²) >= 11 is 0. The molecule has 0 atom stereocenters. The highest BCUT2D eigenvalue weighted by atomic mass is 16.4. The fourth-order valence-corrected chi connectivity index (χ4v) is 8.04. The molecule has 1 aliphatic carbocycles. The van der Waals surface area contributed by atoms with Crippen molar-refractivity contribution in [3.8, 4) is 56.3 Å². The monoisotopic (exact) mass is 670 g/mol. The van der Waals surface area contributed by atoms with Crippen LogP contribution in [-0.4, -0.2) is 9.97 Å². The molecule has 5 nitrogen and oxygen atoms in total. The van der Waals surface area contributed by atoms with Gasteiger partial charge in [0, 0.05) is 27.3 Å². The Kier molecular flexibility index (Phi) is 5.95. The first-order chi connectivity index (χ1) is 25.5. The summed E-state index contributed by atoms with van der Waals surface area (Å²) in [7, 11) is 0. The predicted octanol–water partition coefficient (Wildman–Crippen LogP) is 12.8. The fourth-order valence-electron chi connectivity index (χ4n) is 8.04. The Morgan fingerprint density at radius 2 is 0.942 bits per heavy atom. The van der Waals surface area contributed by atoms with E-state index in [-0.39, 0.29) is 5.41 Å². The highest BCUT2D eigenvalue weighted by Crippen LogP contribution is 2.52. The topological polar surface area (TPSA) is 65.2 Å². The first kappa shape index (κ1) is 29.1. The molecular weight excluding hydrogens is 641 g/mol. The standard InChI is InChI=1S/C47H30N2O3/c1-47(2)37-24-29(18-19-33(37)35-26-44-36(25-38(35)47)34-12-3-6-15-41(34)50-44)27-10-9-11-28(20-27)30-21-31(45-48-39-13-4-7-16-42(39)51-45)23-32(22-30)46-49-40-14-5-8-17-43(40)52-46/h3-26H,1-2H3. The van der Waals surface area contributed by atoms with Crippen molar-refractivity contribution in [3.05, 3.63) is 157 Å². The third kappa shape index (κ3) is 4.36. The smallest absolute Gasteiger partial charge is 0.227 e. The van der Waals surface area contributed by atoms with Crippen LogP contribution in [0.25, 0.3) is 100 Å². The zero-order valence-corrected chi connectivity index (χ0v) is 28.5. The molecule has 0 N–H and O–H groups in total. The molecule has 0 spiro atoms. The van der Waals surface area contributed by atoms with Gasteiger partial charge in [-0.05, 0) is 117 Å². The number of aromatic nitrogens is 2. The lowest BCUT2D eigenvalue weighted by molar-refractivity contribution is 0.617. The molecule has 0 fully saturated rings. The zero-order chi connectivity index (χ0) is 34.6. The molecule has 10 aromatic rings. The Balaban J connectivity index is 1.02. The largest absolute Gasteiger partial charge is 0.456 e. The lowest BCUT2D eigenvalue weighted by Crippen LogP contribution is -2.15. The summed E-state index contributed by atoms with van der Waals surface area (Å²) in [5, 5.41) is 2.32. The van der Waals surface area contributed by atoms with E-state index >= 15 is 0 Å². The number of oxazole rings is 2. The fraction of sp³-hybridized carbons (Fsp3) is 0.0638. The van der Waals surface area contributed by atoms with E-state index in [2.05, 4.69) is 92.7 Å². The minimum absolute atomic E-state index is 0.173. The van der Waals surface area contributed by atoms with E-state index in [1.807, 2.05) is 66.7 Å². The van der Waals surface area contributed by atoms with Crippen LogP contribution in [0.15, 0.2) is 159 Å².